The summed E-state index contributed by atoms with van der Waals surface area (Å²) in [6, 6.07) is 7.86. The quantitative estimate of drug-likeness (QED) is 0.665. The highest BCUT2D eigenvalue weighted by molar-refractivity contribution is 7.98. The number of fused-ring (bicyclic) bond motifs is 1. The van der Waals surface area contributed by atoms with Crippen LogP contribution in [0, 0.1) is 4.64 Å². The third-order valence-electron chi connectivity index (χ3n) is 3.20. The van der Waals surface area contributed by atoms with Gasteiger partial charge in [-0.05, 0) is 43.5 Å². The van der Waals surface area contributed by atoms with Crippen molar-refractivity contribution in [2.75, 3.05) is 0 Å². The first-order valence-corrected chi connectivity index (χ1v) is 7.99. The molecule has 0 saturated carbocycles. The van der Waals surface area contributed by atoms with Gasteiger partial charge in [0, 0.05) is 21.2 Å². The summed E-state index contributed by atoms with van der Waals surface area (Å²) < 4.78 is 0.776. The zero-order chi connectivity index (χ0) is 13.2. The van der Waals surface area contributed by atoms with Gasteiger partial charge in [-0.1, -0.05) is 23.8 Å². The van der Waals surface area contributed by atoms with E-state index in [0.29, 0.717) is 0 Å². The Bertz CT molecular complexity index is 649. The summed E-state index contributed by atoms with van der Waals surface area (Å²) in [7, 11) is 0. The predicted molar refractivity (Wildman–Crippen MR) is 82.5 cm³/mol. The first-order valence-electron chi connectivity index (χ1n) is 6.22. The molecule has 0 atom stereocenters. The third kappa shape index (κ3) is 3.02. The van der Waals surface area contributed by atoms with Crippen LogP contribution in [0.4, 0.5) is 0 Å². The minimum atomic E-state index is 0.763. The Labute approximate surface area is 126 Å². The Morgan fingerprint density at radius 2 is 2.05 bits per heavy atom. The first kappa shape index (κ1) is 13.2. The Hall–Kier alpha value is -0.840. The van der Waals surface area contributed by atoms with Crippen molar-refractivity contribution in [1.82, 2.24) is 9.97 Å². The molecule has 0 amide bonds. The first-order chi connectivity index (χ1) is 9.22. The van der Waals surface area contributed by atoms with Gasteiger partial charge >= 0.3 is 0 Å². The molecule has 1 aliphatic rings. The van der Waals surface area contributed by atoms with Crippen LogP contribution in [0.3, 0.4) is 0 Å². The number of thioether (sulfide) groups is 1. The van der Waals surface area contributed by atoms with Crippen LogP contribution in [-0.2, 0) is 18.6 Å². The Balaban J connectivity index is 1.75. The van der Waals surface area contributed by atoms with Crippen molar-refractivity contribution >= 4 is 35.6 Å². The molecule has 1 aliphatic carbocycles. The maximum absolute atomic E-state index is 5.87. The van der Waals surface area contributed by atoms with Crippen LogP contribution in [0.25, 0.3) is 0 Å². The summed E-state index contributed by atoms with van der Waals surface area (Å²) in [6.45, 7) is 0. The van der Waals surface area contributed by atoms with E-state index >= 15 is 0 Å². The fourth-order valence-corrected chi connectivity index (χ4v) is 3.49. The van der Waals surface area contributed by atoms with E-state index in [-0.39, 0.29) is 0 Å². The number of hydrogen-bond acceptors (Lipinski definition) is 3. The zero-order valence-electron chi connectivity index (χ0n) is 10.3. The van der Waals surface area contributed by atoms with Gasteiger partial charge in [0.05, 0.1) is 5.75 Å². The number of halogens is 1. The van der Waals surface area contributed by atoms with Gasteiger partial charge in [0.1, 0.15) is 10.5 Å². The minimum absolute atomic E-state index is 0.763. The number of benzene rings is 1. The average molecular weight is 309 g/mol. The number of rotatable bonds is 3. The van der Waals surface area contributed by atoms with Crippen molar-refractivity contribution < 1.29 is 0 Å². The van der Waals surface area contributed by atoms with Crippen LogP contribution in [-0.4, -0.2) is 9.97 Å². The standard InChI is InChI=1S/C14H13ClN2S2/c15-9-4-6-10(7-5-9)19-8-13-16-12-3-1-2-11(12)14(18)17-13/h4-7H,1-3,8H2,(H,16,17,18). The van der Waals surface area contributed by atoms with Gasteiger partial charge in [-0.15, -0.1) is 11.8 Å². The van der Waals surface area contributed by atoms with E-state index < -0.39 is 0 Å². The molecule has 1 N–H and O–H groups in total. The van der Waals surface area contributed by atoms with Crippen molar-refractivity contribution in [3.8, 4) is 0 Å². The summed E-state index contributed by atoms with van der Waals surface area (Å²) in [4.78, 5) is 9.10. The van der Waals surface area contributed by atoms with E-state index in [0.717, 1.165) is 34.1 Å². The smallest absolute Gasteiger partial charge is 0.133 e. The fourth-order valence-electron chi connectivity index (χ4n) is 2.26. The molecule has 1 aromatic carbocycles. The van der Waals surface area contributed by atoms with Gasteiger partial charge in [-0.25, -0.2) is 4.98 Å². The topological polar surface area (TPSA) is 28.7 Å². The van der Waals surface area contributed by atoms with Crippen LogP contribution in [0.5, 0.6) is 0 Å². The lowest BCUT2D eigenvalue weighted by molar-refractivity contribution is 0.893. The number of H-pyrrole nitrogens is 1. The summed E-state index contributed by atoms with van der Waals surface area (Å²) in [5, 5.41) is 0.763. The molecule has 5 heteroatoms. The molecule has 2 aromatic rings. The van der Waals surface area contributed by atoms with Gasteiger partial charge in [-0.2, -0.15) is 0 Å². The maximum Gasteiger partial charge on any atom is 0.133 e. The van der Waals surface area contributed by atoms with Gasteiger partial charge in [0.15, 0.2) is 0 Å². The lowest BCUT2D eigenvalue weighted by atomic mass is 10.3. The molecule has 0 radical (unpaired) electrons. The average Bonchev–Trinajstić information content (AvgIpc) is 2.87. The van der Waals surface area contributed by atoms with E-state index in [2.05, 4.69) is 9.97 Å². The lowest BCUT2D eigenvalue weighted by Gasteiger charge is -2.05. The molecule has 1 aromatic heterocycles. The molecule has 0 spiro atoms. The van der Waals surface area contributed by atoms with Crippen molar-refractivity contribution in [3.05, 3.63) is 51.0 Å². The minimum Gasteiger partial charge on any atom is -0.346 e. The monoisotopic (exact) mass is 308 g/mol. The van der Waals surface area contributed by atoms with Gasteiger partial charge in [-0.3, -0.25) is 0 Å². The molecule has 2 nitrogen and oxygen atoms in total. The molecule has 0 unspecified atom stereocenters. The Morgan fingerprint density at radius 1 is 1.26 bits per heavy atom. The molecular formula is C14H13ClN2S2. The normalized spacial score (nSPS) is 13.5. The van der Waals surface area contributed by atoms with E-state index in [1.165, 1.54) is 22.6 Å². The molecule has 19 heavy (non-hydrogen) atoms. The van der Waals surface area contributed by atoms with Gasteiger partial charge in [0.25, 0.3) is 0 Å². The van der Waals surface area contributed by atoms with E-state index in [1.54, 1.807) is 11.8 Å². The number of aromatic amines is 1. The maximum atomic E-state index is 5.87. The lowest BCUT2D eigenvalue weighted by Crippen LogP contribution is -1.99. The molecule has 0 saturated heterocycles. The Morgan fingerprint density at radius 3 is 2.84 bits per heavy atom. The molecule has 3 rings (SSSR count). The van der Waals surface area contributed by atoms with Crippen molar-refractivity contribution in [1.29, 1.82) is 0 Å². The number of aryl methyl sites for hydroxylation is 1. The zero-order valence-corrected chi connectivity index (χ0v) is 12.7. The molecular weight excluding hydrogens is 296 g/mol. The highest BCUT2D eigenvalue weighted by atomic mass is 35.5. The number of nitrogens with one attached hydrogen (secondary N) is 1. The Kier molecular flexibility index (Phi) is 3.91. The van der Waals surface area contributed by atoms with Gasteiger partial charge in [0.2, 0.25) is 0 Å². The van der Waals surface area contributed by atoms with E-state index in [9.17, 15) is 0 Å². The van der Waals surface area contributed by atoms with Crippen LogP contribution < -0.4 is 0 Å². The van der Waals surface area contributed by atoms with Crippen LogP contribution in [0.2, 0.25) is 5.02 Å². The highest BCUT2D eigenvalue weighted by Crippen LogP contribution is 2.25. The second-order valence-electron chi connectivity index (χ2n) is 4.54. The summed E-state index contributed by atoms with van der Waals surface area (Å²) in [5.74, 6) is 1.77. The largest absolute Gasteiger partial charge is 0.346 e. The van der Waals surface area contributed by atoms with Crippen molar-refractivity contribution in [2.24, 2.45) is 0 Å². The van der Waals surface area contributed by atoms with E-state index in [1.807, 2.05) is 24.3 Å². The third-order valence-corrected chi connectivity index (χ3v) is 4.81. The highest BCUT2D eigenvalue weighted by Gasteiger charge is 2.14. The summed E-state index contributed by atoms with van der Waals surface area (Å²) >= 11 is 13.0. The summed E-state index contributed by atoms with van der Waals surface area (Å²) in [6.07, 6.45) is 3.35. The molecule has 1 heterocycles. The second-order valence-corrected chi connectivity index (χ2v) is 6.41. The SMILES string of the molecule is S=c1nc(CSc2ccc(Cl)cc2)[nH]c2c1CCC2. The number of aromatic nitrogens is 2. The molecule has 98 valence electrons. The van der Waals surface area contributed by atoms with Crippen molar-refractivity contribution in [3.63, 3.8) is 0 Å². The molecule has 0 fully saturated rings. The predicted octanol–water partition coefficient (Wildman–Crippen LogP) is 4.57. The number of hydrogen-bond donors (Lipinski definition) is 1. The van der Waals surface area contributed by atoms with Crippen LogP contribution >= 0.6 is 35.6 Å². The van der Waals surface area contributed by atoms with E-state index in [4.69, 9.17) is 23.8 Å². The summed E-state index contributed by atoms with van der Waals surface area (Å²) in [5.41, 5.74) is 2.53. The van der Waals surface area contributed by atoms with Crippen LogP contribution in [0.1, 0.15) is 23.5 Å². The molecule has 0 bridgehead atoms. The van der Waals surface area contributed by atoms with Crippen LogP contribution in [0.15, 0.2) is 29.2 Å². The van der Waals surface area contributed by atoms with Crippen molar-refractivity contribution in [2.45, 2.75) is 29.9 Å². The van der Waals surface area contributed by atoms with Gasteiger partial charge < -0.3 is 4.98 Å². The second kappa shape index (κ2) is 5.65. The number of nitrogens with zero attached hydrogens (tertiary/aromatic N) is 1. The fraction of sp³-hybridized carbons (Fsp3) is 0.286. The molecule has 0 aliphatic heterocycles.